The number of rotatable bonds is 5. The maximum absolute atomic E-state index is 16.9. The molecule has 3 fully saturated rings. The number of carbonyl (C=O) groups excluding carboxylic acids is 2. The number of carboxylic acids is 2. The Kier molecular flexibility index (Phi) is 7.61. The molecule has 4 aliphatic carbocycles. The molecule has 0 spiro atoms. The van der Waals surface area contributed by atoms with Crippen molar-refractivity contribution in [1.82, 2.24) is 0 Å². The van der Waals surface area contributed by atoms with E-state index < -0.39 is 76.8 Å². The van der Waals surface area contributed by atoms with Crippen molar-refractivity contribution in [1.29, 1.82) is 0 Å². The first kappa shape index (κ1) is 29.1. The summed E-state index contributed by atoms with van der Waals surface area (Å²) in [6.45, 7) is 4.48. The van der Waals surface area contributed by atoms with Crippen molar-refractivity contribution in [3.63, 3.8) is 0 Å². The van der Waals surface area contributed by atoms with E-state index in [2.05, 4.69) is 0 Å². The Balaban J connectivity index is 0.000000364. The number of hydrogen-bond donors (Lipinski definition) is 6. The Hall–Kier alpha value is -2.47. The van der Waals surface area contributed by atoms with Gasteiger partial charge in [0.1, 0.15) is 18.2 Å². The van der Waals surface area contributed by atoms with Crippen LogP contribution in [0, 0.1) is 28.6 Å². The van der Waals surface area contributed by atoms with Gasteiger partial charge in [-0.3, -0.25) is 19.2 Å². The molecule has 0 saturated heterocycles. The number of Topliss-reactive ketones (excluding diaryl/α,β-unsaturated/α-hetero) is 1. The molecule has 37 heavy (non-hydrogen) atoms. The van der Waals surface area contributed by atoms with Gasteiger partial charge >= 0.3 is 11.9 Å². The third kappa shape index (κ3) is 4.16. The van der Waals surface area contributed by atoms with Crippen LogP contribution in [0.2, 0.25) is 0 Å². The number of aliphatic hydroxyl groups excluding tert-OH is 2. The number of fused-ring (bicyclic) bond motifs is 5. The van der Waals surface area contributed by atoms with Crippen molar-refractivity contribution < 1.29 is 49.1 Å². The van der Waals surface area contributed by atoms with Gasteiger partial charge in [0.05, 0.1) is 12.5 Å². The van der Waals surface area contributed by atoms with E-state index in [0.717, 1.165) is 0 Å². The number of carboxylic acid groups (broad SMARTS) is 2. The van der Waals surface area contributed by atoms with Crippen LogP contribution in [0.3, 0.4) is 0 Å². The van der Waals surface area contributed by atoms with Crippen LogP contribution in [0.5, 0.6) is 0 Å². The second-order valence-electron chi connectivity index (χ2n) is 11.3. The van der Waals surface area contributed by atoms with E-state index in [4.69, 9.17) is 15.9 Å². The molecule has 0 aromatic heterocycles. The van der Waals surface area contributed by atoms with Crippen molar-refractivity contribution in [3.05, 3.63) is 23.8 Å². The van der Waals surface area contributed by atoms with E-state index in [1.165, 1.54) is 12.2 Å². The average Bonchev–Trinajstić information content (AvgIpc) is 3.01. The Morgan fingerprint density at radius 2 is 1.84 bits per heavy atom. The molecule has 4 aliphatic rings. The van der Waals surface area contributed by atoms with Crippen LogP contribution in [-0.4, -0.2) is 79.1 Å². The molecule has 3 saturated carbocycles. The molecule has 0 bridgehead atoms. The van der Waals surface area contributed by atoms with E-state index in [9.17, 15) is 34.5 Å². The lowest BCUT2D eigenvalue weighted by atomic mass is 9.44. The summed E-state index contributed by atoms with van der Waals surface area (Å²) in [6.07, 6.45) is 3.91. The number of nitrogens with two attached hydrogens (primary N) is 1. The SMILES string of the molecule is C[C@@H]1C[C@H]2[C@@H]3CCC4=CC(=O)C=C[C@]4(C)C3(F)[C@@H](O)C[C@]2(C)[C@@]1(O)C(=O)CO.N[C@@H](CC(=O)O)C(=O)O. The monoisotopic (exact) mass is 525 g/mol. The number of aliphatic carboxylic acids is 2. The Labute approximate surface area is 214 Å². The van der Waals surface area contributed by atoms with Crippen molar-refractivity contribution in [3.8, 4) is 0 Å². The van der Waals surface area contributed by atoms with Gasteiger partial charge in [0.25, 0.3) is 0 Å². The van der Waals surface area contributed by atoms with Crippen LogP contribution in [0.4, 0.5) is 4.39 Å². The normalized spacial score (nSPS) is 42.8. The maximum Gasteiger partial charge on any atom is 0.321 e. The molecule has 0 radical (unpaired) electrons. The molecule has 7 N–H and O–H groups in total. The molecule has 0 amide bonds. The smallest absolute Gasteiger partial charge is 0.321 e. The fourth-order valence-corrected chi connectivity index (χ4v) is 7.54. The van der Waals surface area contributed by atoms with E-state index in [0.29, 0.717) is 24.8 Å². The molecule has 1 unspecified atom stereocenters. The average molecular weight is 526 g/mol. The Morgan fingerprint density at radius 1 is 1.22 bits per heavy atom. The lowest BCUT2D eigenvalue weighted by molar-refractivity contribution is -0.219. The van der Waals surface area contributed by atoms with Gasteiger partial charge in [-0.15, -0.1) is 0 Å². The minimum atomic E-state index is -1.98. The highest BCUT2D eigenvalue weighted by molar-refractivity contribution is 6.01. The molecule has 10 nitrogen and oxygen atoms in total. The minimum absolute atomic E-state index is 0.0676. The lowest BCUT2D eigenvalue weighted by Crippen LogP contribution is -2.69. The van der Waals surface area contributed by atoms with E-state index in [-0.39, 0.29) is 18.1 Å². The zero-order chi connectivity index (χ0) is 28.1. The first-order chi connectivity index (χ1) is 17.0. The summed E-state index contributed by atoms with van der Waals surface area (Å²) in [4.78, 5) is 44.0. The molecule has 0 aliphatic heterocycles. The van der Waals surface area contributed by atoms with E-state index in [1.807, 2.05) is 0 Å². The lowest BCUT2D eigenvalue weighted by Gasteiger charge is -2.62. The number of halogens is 1. The second kappa shape index (κ2) is 9.68. The number of alkyl halides is 1. The van der Waals surface area contributed by atoms with Gasteiger partial charge in [0.2, 0.25) is 0 Å². The number of ketones is 2. The summed E-state index contributed by atoms with van der Waals surface area (Å²) >= 11 is 0. The van der Waals surface area contributed by atoms with Gasteiger partial charge < -0.3 is 31.3 Å². The third-order valence-electron chi connectivity index (χ3n) is 9.50. The molecule has 9 atom stereocenters. The summed E-state index contributed by atoms with van der Waals surface area (Å²) in [5.74, 6) is -4.62. The van der Waals surface area contributed by atoms with E-state index >= 15 is 4.39 Å². The quantitative estimate of drug-likeness (QED) is 0.298. The predicted octanol–water partition coefficient (Wildman–Crippen LogP) is 0.769. The van der Waals surface area contributed by atoms with E-state index in [1.54, 1.807) is 26.8 Å². The van der Waals surface area contributed by atoms with Crippen LogP contribution in [0.25, 0.3) is 0 Å². The van der Waals surface area contributed by atoms with Gasteiger partial charge in [-0.05, 0) is 56.6 Å². The number of aliphatic hydroxyl groups is 3. The van der Waals surface area contributed by atoms with Gasteiger partial charge in [0.15, 0.2) is 17.2 Å². The topological polar surface area (TPSA) is 195 Å². The minimum Gasteiger partial charge on any atom is -0.481 e. The fourth-order valence-electron chi connectivity index (χ4n) is 7.54. The van der Waals surface area contributed by atoms with Crippen LogP contribution in [0.1, 0.15) is 52.9 Å². The summed E-state index contributed by atoms with van der Waals surface area (Å²) in [6, 6.07) is -1.29. The van der Waals surface area contributed by atoms with Crippen molar-refractivity contribution >= 4 is 23.5 Å². The fraction of sp³-hybridized carbons (Fsp3) is 0.692. The summed E-state index contributed by atoms with van der Waals surface area (Å²) < 4.78 is 16.9. The van der Waals surface area contributed by atoms with Gasteiger partial charge in [0, 0.05) is 16.7 Å². The van der Waals surface area contributed by atoms with Crippen LogP contribution in [-0.2, 0) is 19.2 Å². The van der Waals surface area contributed by atoms with Crippen molar-refractivity contribution in [2.45, 2.75) is 76.3 Å². The molecule has 206 valence electrons. The first-order valence-corrected chi connectivity index (χ1v) is 12.4. The first-order valence-electron chi connectivity index (χ1n) is 12.4. The summed E-state index contributed by atoms with van der Waals surface area (Å²) in [5.41, 5.74) is -0.332. The molecule has 0 aromatic carbocycles. The maximum atomic E-state index is 16.9. The summed E-state index contributed by atoms with van der Waals surface area (Å²) in [7, 11) is 0. The van der Waals surface area contributed by atoms with Crippen LogP contribution >= 0.6 is 0 Å². The standard InChI is InChI=1S/C22H29FO5.C4H7NO4/c1-12-8-16-15-5-4-13-9-14(25)6-7-19(13,2)21(15,23)17(26)10-20(16,3)22(12,28)18(27)11-24;5-2(4(8)9)1-3(6)7/h6-7,9,12,15-17,24,26,28H,4-5,8,10-11H2,1-3H3;2H,1,5H2,(H,6,7)(H,8,9)/t12-,15+,16+,17+,19+,20+,21?,22+;2-/m10/s1. The van der Waals surface area contributed by atoms with Gasteiger partial charge in [-0.1, -0.05) is 25.5 Å². The zero-order valence-electron chi connectivity index (χ0n) is 21.2. The molecule has 0 aromatic rings. The number of allylic oxidation sites excluding steroid dienone is 4. The third-order valence-corrected chi connectivity index (χ3v) is 9.50. The van der Waals surface area contributed by atoms with Gasteiger partial charge in [-0.25, -0.2) is 4.39 Å². The van der Waals surface area contributed by atoms with Crippen molar-refractivity contribution in [2.24, 2.45) is 34.3 Å². The molecular formula is C26H36FNO9. The zero-order valence-corrected chi connectivity index (χ0v) is 21.2. The highest BCUT2D eigenvalue weighted by Gasteiger charge is 2.75. The molecule has 11 heteroatoms. The predicted molar refractivity (Wildman–Crippen MR) is 128 cm³/mol. The Bertz CT molecular complexity index is 1060. The Morgan fingerprint density at radius 3 is 2.35 bits per heavy atom. The number of hydrogen-bond acceptors (Lipinski definition) is 8. The largest absolute Gasteiger partial charge is 0.481 e. The molecule has 0 heterocycles. The summed E-state index contributed by atoms with van der Waals surface area (Å²) in [5, 5.41) is 48.0. The molecule has 4 rings (SSSR count). The molecular weight excluding hydrogens is 489 g/mol. The van der Waals surface area contributed by atoms with Gasteiger partial charge in [-0.2, -0.15) is 0 Å². The van der Waals surface area contributed by atoms with Crippen LogP contribution < -0.4 is 5.73 Å². The number of carbonyl (C=O) groups is 4. The van der Waals surface area contributed by atoms with Crippen LogP contribution in [0.15, 0.2) is 23.8 Å². The highest BCUT2D eigenvalue weighted by Crippen LogP contribution is 2.70. The van der Waals surface area contributed by atoms with Crippen molar-refractivity contribution in [2.75, 3.05) is 6.61 Å². The highest BCUT2D eigenvalue weighted by atomic mass is 19.1. The second-order valence-corrected chi connectivity index (χ2v) is 11.3.